The van der Waals surface area contributed by atoms with Crippen LogP contribution >= 0.6 is 0 Å². The Balaban J connectivity index is 1.66. The number of aliphatic hydroxyl groups excluding tert-OH is 1. The highest BCUT2D eigenvalue weighted by molar-refractivity contribution is 5.95. The van der Waals surface area contributed by atoms with Gasteiger partial charge in [-0.3, -0.25) is 4.79 Å². The number of benzene rings is 2. The van der Waals surface area contributed by atoms with Crippen LogP contribution in [0.15, 0.2) is 36.4 Å². The molecule has 1 saturated carbocycles. The van der Waals surface area contributed by atoms with Gasteiger partial charge < -0.3 is 24.3 Å². The maximum absolute atomic E-state index is 15.9. The number of hydrogen-bond donors (Lipinski definition) is 2. The largest absolute Gasteiger partial charge is 0.586 e. The van der Waals surface area contributed by atoms with Gasteiger partial charge in [-0.25, -0.2) is 4.39 Å². The van der Waals surface area contributed by atoms with Gasteiger partial charge in [-0.2, -0.15) is 0 Å². The number of carbonyl (C=O) groups is 1. The van der Waals surface area contributed by atoms with E-state index in [0.717, 1.165) is 30.3 Å². The predicted molar refractivity (Wildman–Crippen MR) is 131 cm³/mol. The highest BCUT2D eigenvalue weighted by atomic mass is 19.3. The standard InChI is InChI=1S/C28H30F3NO5/c1-4-26(2,3)24-10-17-9-16(20(29)13-21(17)32(24)14-19(34)15-33)11-25(35)27(7-8-27)18-5-6-22-23(12-18)37-28(30,31)36-22/h5-6,9-10,12-13,19,33-34H,4,7-8,11,14-15H2,1-3H3/t19-/m1/s1/i2D3,7D2,8D2,14D2,15D2/t19-,26?. The zero-order chi connectivity index (χ0) is 36.4. The molecule has 0 saturated heterocycles. The molecule has 1 fully saturated rings. The Hall–Kier alpha value is -3.04. The molecule has 2 N–H and O–H groups in total. The first kappa shape index (κ1) is 15.4. The number of fused-ring (bicyclic) bond motifs is 2. The molecule has 2 atom stereocenters. The van der Waals surface area contributed by atoms with Crippen LogP contribution in [0.4, 0.5) is 13.2 Å². The molecule has 1 aliphatic heterocycles. The average Bonchev–Trinajstić information content (AvgIpc) is 3.26. The van der Waals surface area contributed by atoms with Gasteiger partial charge in [0.2, 0.25) is 0 Å². The Morgan fingerprint density at radius 1 is 1.27 bits per heavy atom. The maximum atomic E-state index is 15.9. The first-order valence-electron chi connectivity index (χ1n) is 16.8. The van der Waals surface area contributed by atoms with Gasteiger partial charge in [0, 0.05) is 32.5 Å². The van der Waals surface area contributed by atoms with Crippen LogP contribution in [0.3, 0.4) is 0 Å². The summed E-state index contributed by atoms with van der Waals surface area (Å²) in [7, 11) is 0. The number of aliphatic hydroxyl groups is 2. The normalized spacial score (nSPS) is 27.8. The quantitative estimate of drug-likeness (QED) is 0.409. The molecule has 3 aromatic rings. The third kappa shape index (κ3) is 4.48. The van der Waals surface area contributed by atoms with Crippen LogP contribution in [0.25, 0.3) is 10.9 Å². The lowest BCUT2D eigenvalue weighted by atomic mass is 9.86. The SMILES string of the molecule is [2H]C([2H])(O)[C@H](O)C([2H])([2H])n1c(C(C)(CC)C([2H])([2H])[2H])cc2cc(CC(=O)C3(c4ccc5c(c4)OC(F)(F)O5)C([2H])([2H])C3([2H])[2H])c(F)cc21. The molecule has 9 heteroatoms. The minimum absolute atomic E-state index is 0.0890. The third-order valence-electron chi connectivity index (χ3n) is 6.59. The second-order valence-corrected chi connectivity index (χ2v) is 9.14. The van der Waals surface area contributed by atoms with Crippen LogP contribution in [0.2, 0.25) is 0 Å². The number of Topliss-reactive ketones (excluding diaryl/α,β-unsaturated/α-hetero) is 1. The monoisotopic (exact) mass is 528 g/mol. The molecule has 0 amide bonds. The molecule has 37 heavy (non-hydrogen) atoms. The average molecular weight is 529 g/mol. The van der Waals surface area contributed by atoms with Crippen molar-refractivity contribution in [2.75, 3.05) is 6.56 Å². The molecule has 1 unspecified atom stereocenters. The molecule has 198 valence electrons. The molecule has 5 rings (SSSR count). The van der Waals surface area contributed by atoms with Gasteiger partial charge in [0.1, 0.15) is 11.6 Å². The predicted octanol–water partition coefficient (Wildman–Crippen LogP) is 4.99. The van der Waals surface area contributed by atoms with Crippen molar-refractivity contribution in [1.82, 2.24) is 4.57 Å². The highest BCUT2D eigenvalue weighted by Crippen LogP contribution is 2.52. The Kier molecular flexibility index (Phi) is 3.65. The molecule has 0 bridgehead atoms. The smallest absolute Gasteiger partial charge is 0.395 e. The van der Waals surface area contributed by atoms with Crippen molar-refractivity contribution < 1.29 is 52.7 Å². The van der Waals surface area contributed by atoms with Crippen molar-refractivity contribution in [3.63, 3.8) is 0 Å². The fourth-order valence-electron chi connectivity index (χ4n) is 4.29. The zero-order valence-corrected chi connectivity index (χ0v) is 19.7. The van der Waals surface area contributed by atoms with E-state index in [1.54, 1.807) is 0 Å². The summed E-state index contributed by atoms with van der Waals surface area (Å²) >= 11 is 0. The summed E-state index contributed by atoms with van der Waals surface area (Å²) in [5.74, 6) is -3.43. The van der Waals surface area contributed by atoms with E-state index in [1.165, 1.54) is 13.8 Å². The summed E-state index contributed by atoms with van der Waals surface area (Å²) in [5.41, 5.74) is -6.06. The van der Waals surface area contributed by atoms with Gasteiger partial charge in [-0.1, -0.05) is 26.8 Å². The third-order valence-corrected chi connectivity index (χ3v) is 6.59. The number of nitrogens with zero attached hydrogens (tertiary/aromatic N) is 1. The van der Waals surface area contributed by atoms with Crippen LogP contribution < -0.4 is 9.47 Å². The van der Waals surface area contributed by atoms with Gasteiger partial charge in [-0.05, 0) is 60.6 Å². The number of aromatic nitrogens is 1. The van der Waals surface area contributed by atoms with E-state index in [2.05, 4.69) is 9.47 Å². The Morgan fingerprint density at radius 3 is 2.65 bits per heavy atom. The number of rotatable bonds is 9. The Bertz CT molecular complexity index is 1810. The molecule has 0 spiro atoms. The lowest BCUT2D eigenvalue weighted by molar-refractivity contribution is -0.286. The molecule has 6 nitrogen and oxygen atoms in total. The van der Waals surface area contributed by atoms with Crippen molar-refractivity contribution in [3.05, 3.63) is 59.0 Å². The van der Waals surface area contributed by atoms with E-state index >= 15 is 4.39 Å². The molecule has 1 aliphatic carbocycles. The van der Waals surface area contributed by atoms with Gasteiger partial charge in [0.05, 0.1) is 35.6 Å². The fourth-order valence-corrected chi connectivity index (χ4v) is 4.29. The number of ether oxygens (including phenoxy) is 2. The summed E-state index contributed by atoms with van der Waals surface area (Å²) in [6, 6.07) is 5.68. The Morgan fingerprint density at radius 2 is 2.00 bits per heavy atom. The molecular formula is C28H30F3NO5. The summed E-state index contributed by atoms with van der Waals surface area (Å²) in [5, 5.41) is 20.3. The number of ketones is 1. The van der Waals surface area contributed by atoms with Gasteiger partial charge in [0.25, 0.3) is 0 Å². The van der Waals surface area contributed by atoms with E-state index in [1.807, 2.05) is 0 Å². The first-order chi connectivity index (χ1) is 21.6. The molecule has 2 aromatic carbocycles. The van der Waals surface area contributed by atoms with Crippen molar-refractivity contribution in [1.29, 1.82) is 0 Å². The van der Waals surface area contributed by atoms with Gasteiger partial charge in [0.15, 0.2) is 11.5 Å². The molecule has 1 aromatic heterocycles. The van der Waals surface area contributed by atoms with E-state index < -0.39 is 91.0 Å². The van der Waals surface area contributed by atoms with Crippen LogP contribution in [0.5, 0.6) is 11.5 Å². The van der Waals surface area contributed by atoms with Crippen molar-refractivity contribution >= 4 is 16.7 Å². The maximum Gasteiger partial charge on any atom is 0.586 e. The number of carbonyl (C=O) groups excluding carboxylic acids is 1. The van der Waals surface area contributed by atoms with E-state index in [-0.39, 0.29) is 28.6 Å². The van der Waals surface area contributed by atoms with Crippen LogP contribution in [-0.2, 0) is 28.5 Å². The highest BCUT2D eigenvalue weighted by Gasteiger charge is 2.52. The second-order valence-electron chi connectivity index (χ2n) is 9.14. The van der Waals surface area contributed by atoms with Crippen molar-refractivity contribution in [2.24, 2.45) is 0 Å². The van der Waals surface area contributed by atoms with Crippen LogP contribution in [0, 0.1) is 5.82 Å². The van der Waals surface area contributed by atoms with E-state index in [9.17, 15) is 23.8 Å². The van der Waals surface area contributed by atoms with Crippen molar-refractivity contribution in [2.45, 2.75) is 76.0 Å². The molecule has 0 radical (unpaired) electrons. The van der Waals surface area contributed by atoms with E-state index in [4.69, 9.17) is 15.1 Å². The van der Waals surface area contributed by atoms with Crippen molar-refractivity contribution in [3.8, 4) is 11.5 Å². The first-order valence-corrected chi connectivity index (χ1v) is 11.3. The fraction of sp³-hybridized carbons (Fsp3) is 0.464. The van der Waals surface area contributed by atoms with E-state index in [0.29, 0.717) is 10.6 Å². The lowest BCUT2D eigenvalue weighted by Crippen LogP contribution is -2.26. The lowest BCUT2D eigenvalue weighted by Gasteiger charge is -2.26. The second kappa shape index (κ2) is 8.77. The molecule has 2 heterocycles. The number of hydrogen-bond acceptors (Lipinski definition) is 5. The zero-order valence-electron chi connectivity index (χ0n) is 30.7. The number of alkyl halides is 2. The van der Waals surface area contributed by atoms with Gasteiger partial charge >= 0.3 is 6.29 Å². The minimum Gasteiger partial charge on any atom is -0.395 e. The molecular weight excluding hydrogens is 487 g/mol. The van der Waals surface area contributed by atoms with Gasteiger partial charge in [-0.15, -0.1) is 8.78 Å². The van der Waals surface area contributed by atoms with Crippen LogP contribution in [-0.4, -0.2) is 39.5 Å². The summed E-state index contributed by atoms with van der Waals surface area (Å²) in [6.07, 6.45) is -13.8. The minimum atomic E-state index is -4.06. The van der Waals surface area contributed by atoms with Crippen LogP contribution in [0.1, 0.15) is 71.8 Å². The Labute approximate surface area is 228 Å². The number of halogens is 3. The topological polar surface area (TPSA) is 80.9 Å². The summed E-state index contributed by atoms with van der Waals surface area (Å²) in [4.78, 5) is 13.9. The molecule has 2 aliphatic rings. The summed E-state index contributed by atoms with van der Waals surface area (Å²) in [6.45, 7) is -6.91. The summed E-state index contributed by atoms with van der Waals surface area (Å²) < 4.78 is 143.